The van der Waals surface area contributed by atoms with Gasteiger partial charge in [-0.2, -0.15) is 0 Å². The lowest BCUT2D eigenvalue weighted by atomic mass is 9.77. The van der Waals surface area contributed by atoms with Crippen LogP contribution >= 0.6 is 0 Å². The fourth-order valence-corrected chi connectivity index (χ4v) is 8.47. The predicted octanol–water partition coefficient (Wildman–Crippen LogP) is 10.4. The third-order valence-corrected chi connectivity index (χ3v) is 12.8. The van der Waals surface area contributed by atoms with Crippen LogP contribution in [0.2, 0.25) is 0 Å². The summed E-state index contributed by atoms with van der Waals surface area (Å²) in [5.74, 6) is -4.32. The van der Waals surface area contributed by atoms with Gasteiger partial charge in [0.25, 0.3) is 0 Å². The van der Waals surface area contributed by atoms with E-state index in [1.807, 2.05) is 43.3 Å². The average Bonchev–Trinajstić information content (AvgIpc) is 3.37. The van der Waals surface area contributed by atoms with Crippen LogP contribution in [-0.2, 0) is 70.0 Å². The molecule has 0 saturated heterocycles. The number of ketones is 2. The van der Waals surface area contributed by atoms with Crippen LogP contribution in [-0.4, -0.2) is 95.9 Å². The molecule has 0 spiro atoms. The molecule has 0 radical (unpaired) electrons. The van der Waals surface area contributed by atoms with Crippen molar-refractivity contribution in [3.05, 3.63) is 101 Å². The van der Waals surface area contributed by atoms with Crippen LogP contribution in [0, 0.1) is 17.2 Å². The lowest BCUT2D eigenvalue weighted by Crippen LogP contribution is -2.45. The Labute approximate surface area is 418 Å². The Morgan fingerprint density at radius 1 is 0.620 bits per heavy atom. The molecule has 0 atom stereocenters. The van der Waals surface area contributed by atoms with Crippen LogP contribution in [0.4, 0.5) is 4.39 Å². The van der Waals surface area contributed by atoms with E-state index in [-0.39, 0.29) is 49.6 Å². The van der Waals surface area contributed by atoms with Crippen LogP contribution in [0.1, 0.15) is 121 Å². The van der Waals surface area contributed by atoms with E-state index in [1.165, 1.54) is 59.7 Å². The van der Waals surface area contributed by atoms with Crippen molar-refractivity contribution >= 4 is 35.4 Å². The molecule has 1 aliphatic carbocycles. The van der Waals surface area contributed by atoms with Gasteiger partial charge in [-0.1, -0.05) is 89.1 Å². The quantitative estimate of drug-likeness (QED) is 0.0197. The Morgan fingerprint density at radius 2 is 1.17 bits per heavy atom. The summed E-state index contributed by atoms with van der Waals surface area (Å²) in [6, 6.07) is 17.1. The second kappa shape index (κ2) is 29.4. The Balaban J connectivity index is 1.68. The van der Waals surface area contributed by atoms with Gasteiger partial charge in [-0.05, 0) is 122 Å². The summed E-state index contributed by atoms with van der Waals surface area (Å²) in [4.78, 5) is 76.0. The highest BCUT2D eigenvalue weighted by Crippen LogP contribution is 2.40. The van der Waals surface area contributed by atoms with Gasteiger partial charge < -0.3 is 33.2 Å². The normalized spacial score (nSPS) is 14.5. The SMILES string of the molecule is C=C(C)C(=O)OCCCc1cc(-c2ccc(-c3ccc(C4CCC(CCCCC)CC4)cc3F)cc2CC)ccc1OCC(COC(=O)C(=C)C)(COC(=O)C(=O)CCOC)COC(=O)C(=O)CCOC. The molecule has 0 N–H and O–H groups in total. The van der Waals surface area contributed by atoms with Crippen LogP contribution < -0.4 is 4.74 Å². The molecule has 14 heteroatoms. The molecule has 4 rings (SSSR count). The van der Waals surface area contributed by atoms with Crippen molar-refractivity contribution in [2.45, 2.75) is 117 Å². The van der Waals surface area contributed by atoms with Crippen molar-refractivity contribution < 1.29 is 66.3 Å². The molecular formula is C57H73FO13. The van der Waals surface area contributed by atoms with E-state index in [2.05, 4.69) is 26.1 Å². The van der Waals surface area contributed by atoms with Gasteiger partial charge in [0.15, 0.2) is 0 Å². The highest BCUT2D eigenvalue weighted by molar-refractivity contribution is 6.34. The number of Topliss-reactive ketones (excluding diaryl/α,β-unsaturated/α-hetero) is 2. The van der Waals surface area contributed by atoms with Crippen molar-refractivity contribution in [2.75, 3.05) is 60.5 Å². The smallest absolute Gasteiger partial charge is 0.374 e. The Bertz CT molecular complexity index is 2290. The molecule has 0 unspecified atom stereocenters. The Hall–Kier alpha value is -5.99. The largest absolute Gasteiger partial charge is 0.492 e. The van der Waals surface area contributed by atoms with Crippen molar-refractivity contribution in [3.63, 3.8) is 0 Å². The zero-order valence-electron chi connectivity index (χ0n) is 42.6. The van der Waals surface area contributed by atoms with Gasteiger partial charge in [0.2, 0.25) is 11.6 Å². The second-order valence-electron chi connectivity index (χ2n) is 18.6. The molecule has 13 nitrogen and oxygen atoms in total. The fraction of sp³-hybridized carbons (Fsp3) is 0.509. The molecule has 1 saturated carbocycles. The van der Waals surface area contributed by atoms with Gasteiger partial charge in [-0.15, -0.1) is 0 Å². The Morgan fingerprint density at radius 3 is 1.73 bits per heavy atom. The van der Waals surface area contributed by atoms with Gasteiger partial charge in [-0.3, -0.25) is 9.59 Å². The number of rotatable bonds is 31. The first-order valence-corrected chi connectivity index (χ1v) is 24.8. The maximum Gasteiger partial charge on any atom is 0.374 e. The van der Waals surface area contributed by atoms with Crippen molar-refractivity contribution in [3.8, 4) is 28.0 Å². The maximum absolute atomic E-state index is 16.0. The minimum Gasteiger partial charge on any atom is -0.492 e. The molecule has 0 aliphatic heterocycles. The molecule has 3 aromatic carbocycles. The average molecular weight is 985 g/mol. The third-order valence-electron chi connectivity index (χ3n) is 12.8. The summed E-state index contributed by atoms with van der Waals surface area (Å²) in [5.41, 5.74) is 4.36. The van der Waals surface area contributed by atoms with Crippen molar-refractivity contribution in [1.82, 2.24) is 0 Å². The van der Waals surface area contributed by atoms with Gasteiger partial charge in [0, 0.05) is 43.8 Å². The number of carbonyl (C=O) groups is 6. The summed E-state index contributed by atoms with van der Waals surface area (Å²) in [6.45, 7) is 12.2. The predicted molar refractivity (Wildman–Crippen MR) is 268 cm³/mol. The number of aryl methyl sites for hydroxylation is 2. The van der Waals surface area contributed by atoms with Gasteiger partial charge in [0.05, 0.1) is 19.8 Å². The summed E-state index contributed by atoms with van der Waals surface area (Å²) < 4.78 is 54.2. The van der Waals surface area contributed by atoms with Gasteiger partial charge in [0.1, 0.15) is 43.4 Å². The number of hydrogen-bond donors (Lipinski definition) is 0. The fourth-order valence-electron chi connectivity index (χ4n) is 8.47. The number of methoxy groups -OCH3 is 2. The first kappa shape index (κ1) is 57.6. The zero-order chi connectivity index (χ0) is 51.9. The molecular weight excluding hydrogens is 912 g/mol. The molecule has 0 heterocycles. The van der Waals surface area contributed by atoms with Crippen LogP contribution in [0.5, 0.6) is 5.75 Å². The van der Waals surface area contributed by atoms with E-state index >= 15 is 4.39 Å². The topological polar surface area (TPSA) is 167 Å². The van der Waals surface area contributed by atoms with E-state index in [9.17, 15) is 28.8 Å². The minimum atomic E-state index is -1.67. The summed E-state index contributed by atoms with van der Waals surface area (Å²) in [6.07, 6.45) is 10.5. The Kier molecular flexibility index (Phi) is 23.8. The number of unbranched alkanes of at least 4 members (excludes halogenated alkanes) is 2. The zero-order valence-corrected chi connectivity index (χ0v) is 42.6. The number of benzene rings is 3. The van der Waals surface area contributed by atoms with E-state index in [4.69, 9.17) is 33.2 Å². The minimum absolute atomic E-state index is 0.0406. The maximum atomic E-state index is 16.0. The standard InChI is InChI=1S/C57H73FO13/c1-9-11-12-14-40-16-18-42(19-17-40)43-20-24-48(49(58)33-43)45-21-23-47(41(10-2)31-45)44-22-25-52(46(32-44)15-13-28-67-53(61)38(3)4)68-34-57(35-69-54(62)39(5)6,36-70-55(63)50(59)26-29-65-7)37-71-56(64)51(60)27-30-66-8/h20-25,31-33,40,42H,3,5,9-19,26-30,34-37H2,1-2,4,6-8H3. The molecule has 71 heavy (non-hydrogen) atoms. The number of hydrogen-bond acceptors (Lipinski definition) is 13. The van der Waals surface area contributed by atoms with E-state index in [0.717, 1.165) is 46.6 Å². The number of ether oxygens (including phenoxy) is 7. The highest BCUT2D eigenvalue weighted by Gasteiger charge is 2.39. The first-order chi connectivity index (χ1) is 34.0. The molecule has 1 fully saturated rings. The van der Waals surface area contributed by atoms with Crippen molar-refractivity contribution in [1.29, 1.82) is 0 Å². The molecule has 386 valence electrons. The van der Waals surface area contributed by atoms with Gasteiger partial charge >= 0.3 is 23.9 Å². The highest BCUT2D eigenvalue weighted by atomic mass is 19.1. The lowest BCUT2D eigenvalue weighted by Gasteiger charge is -2.32. The van der Waals surface area contributed by atoms with Crippen molar-refractivity contribution in [2.24, 2.45) is 11.3 Å². The van der Waals surface area contributed by atoms with E-state index in [1.54, 1.807) is 19.1 Å². The number of carbonyl (C=O) groups excluding carboxylic acids is 6. The summed E-state index contributed by atoms with van der Waals surface area (Å²) in [7, 11) is 2.74. The number of halogens is 1. The third kappa shape index (κ3) is 18.0. The molecule has 1 aliphatic rings. The molecule has 0 amide bonds. The van der Waals surface area contributed by atoms with Crippen LogP contribution in [0.25, 0.3) is 22.3 Å². The second-order valence-corrected chi connectivity index (χ2v) is 18.6. The monoisotopic (exact) mass is 985 g/mol. The van der Waals surface area contributed by atoms with Crippen LogP contribution in [0.15, 0.2) is 78.9 Å². The lowest BCUT2D eigenvalue weighted by molar-refractivity contribution is -0.169. The summed E-state index contributed by atoms with van der Waals surface area (Å²) >= 11 is 0. The number of esters is 4. The first-order valence-electron chi connectivity index (χ1n) is 24.8. The van der Waals surface area contributed by atoms with Crippen LogP contribution in [0.3, 0.4) is 0 Å². The van der Waals surface area contributed by atoms with E-state index in [0.29, 0.717) is 42.1 Å². The van der Waals surface area contributed by atoms with E-state index < -0.39 is 67.3 Å². The molecule has 3 aromatic rings. The molecule has 0 aromatic heterocycles. The summed E-state index contributed by atoms with van der Waals surface area (Å²) in [5, 5.41) is 0. The molecule has 0 bridgehead atoms. The van der Waals surface area contributed by atoms with Gasteiger partial charge in [-0.25, -0.2) is 23.6 Å².